The summed E-state index contributed by atoms with van der Waals surface area (Å²) in [6.07, 6.45) is 0. The molecule has 0 saturated carbocycles. The van der Waals surface area contributed by atoms with Crippen molar-refractivity contribution in [2.45, 2.75) is 19.9 Å². The molecule has 1 aliphatic heterocycles. The molecule has 4 rings (SSSR count). The lowest BCUT2D eigenvalue weighted by Gasteiger charge is -2.25. The summed E-state index contributed by atoms with van der Waals surface area (Å²) in [5, 5.41) is 5.88. The average Bonchev–Trinajstić information content (AvgIpc) is 2.86. The molecule has 0 spiro atoms. The molecule has 0 saturated heterocycles. The van der Waals surface area contributed by atoms with Crippen molar-refractivity contribution < 1.29 is 23.8 Å². The highest BCUT2D eigenvalue weighted by Crippen LogP contribution is 2.34. The first-order valence-electron chi connectivity index (χ1n) is 11.3. The lowest BCUT2D eigenvalue weighted by atomic mass is 9.95. The molecule has 1 atom stereocenters. The number of hydrogen-bond acceptors (Lipinski definition) is 5. The zero-order valence-electron chi connectivity index (χ0n) is 19.2. The maximum atomic E-state index is 12.8. The van der Waals surface area contributed by atoms with Crippen LogP contribution in [0.1, 0.15) is 35.8 Å². The first-order valence-corrected chi connectivity index (χ1v) is 11.3. The topological polar surface area (TPSA) is 85.9 Å². The third-order valence-electron chi connectivity index (χ3n) is 5.43. The zero-order chi connectivity index (χ0) is 23.9. The number of nitrogens with one attached hydrogen (secondary N) is 2. The maximum absolute atomic E-state index is 12.8. The number of carbonyl (C=O) groups excluding carboxylic acids is 2. The van der Waals surface area contributed by atoms with Gasteiger partial charge < -0.3 is 24.8 Å². The standard InChI is InChI=1S/C27H28N2O5/c1-18(2)26(19-12-13-23-24(16-19)33-15-14-32-23)29-25(30)17-34-22-11-7-6-10-21(22)27(31)28-20-8-4-3-5-9-20/h3-13,16,18,26H,14-15,17H2,1-2H3,(H,28,31)(H,29,30)/t26-/m0/s1. The fourth-order valence-corrected chi connectivity index (χ4v) is 3.75. The van der Waals surface area contributed by atoms with Crippen molar-refractivity contribution >= 4 is 17.5 Å². The fraction of sp³-hybridized carbons (Fsp3) is 0.259. The van der Waals surface area contributed by atoms with E-state index in [2.05, 4.69) is 10.6 Å². The van der Waals surface area contributed by atoms with Crippen LogP contribution >= 0.6 is 0 Å². The van der Waals surface area contributed by atoms with Crippen LogP contribution in [0.4, 0.5) is 5.69 Å². The maximum Gasteiger partial charge on any atom is 0.259 e. The minimum Gasteiger partial charge on any atom is -0.486 e. The molecule has 3 aromatic carbocycles. The molecule has 0 aromatic heterocycles. The van der Waals surface area contributed by atoms with E-state index in [9.17, 15) is 9.59 Å². The summed E-state index contributed by atoms with van der Waals surface area (Å²) in [5.41, 5.74) is 1.96. The Bertz CT molecular complexity index is 1150. The first-order chi connectivity index (χ1) is 16.5. The Morgan fingerprint density at radius 3 is 2.38 bits per heavy atom. The van der Waals surface area contributed by atoms with Gasteiger partial charge in [0, 0.05) is 5.69 Å². The van der Waals surface area contributed by atoms with E-state index in [0.29, 0.717) is 41.7 Å². The van der Waals surface area contributed by atoms with Gasteiger partial charge in [-0.15, -0.1) is 0 Å². The molecule has 0 aliphatic carbocycles. The Balaban J connectivity index is 1.41. The largest absolute Gasteiger partial charge is 0.486 e. The van der Waals surface area contributed by atoms with E-state index < -0.39 is 0 Å². The second kappa shape index (κ2) is 10.7. The highest BCUT2D eigenvalue weighted by molar-refractivity contribution is 6.06. The minimum atomic E-state index is -0.307. The van der Waals surface area contributed by atoms with Crippen molar-refractivity contribution in [1.29, 1.82) is 0 Å². The molecule has 3 aromatic rings. The van der Waals surface area contributed by atoms with Crippen molar-refractivity contribution in [1.82, 2.24) is 5.32 Å². The van der Waals surface area contributed by atoms with Crippen molar-refractivity contribution in [3.05, 3.63) is 83.9 Å². The van der Waals surface area contributed by atoms with Gasteiger partial charge in [0.15, 0.2) is 18.1 Å². The van der Waals surface area contributed by atoms with E-state index >= 15 is 0 Å². The van der Waals surface area contributed by atoms with Gasteiger partial charge in [0.1, 0.15) is 19.0 Å². The van der Waals surface area contributed by atoms with Crippen LogP contribution in [0.25, 0.3) is 0 Å². The zero-order valence-corrected chi connectivity index (χ0v) is 19.2. The number of rotatable bonds is 8. The van der Waals surface area contributed by atoms with Gasteiger partial charge in [-0.1, -0.05) is 50.2 Å². The van der Waals surface area contributed by atoms with E-state index in [1.165, 1.54) is 0 Å². The summed E-state index contributed by atoms with van der Waals surface area (Å²) in [7, 11) is 0. The summed E-state index contributed by atoms with van der Waals surface area (Å²) < 4.78 is 17.0. The molecule has 34 heavy (non-hydrogen) atoms. The Hall–Kier alpha value is -4.00. The van der Waals surface area contributed by atoms with Crippen LogP contribution < -0.4 is 24.8 Å². The van der Waals surface area contributed by atoms with Gasteiger partial charge in [0.2, 0.25) is 0 Å². The summed E-state index contributed by atoms with van der Waals surface area (Å²) in [4.78, 5) is 25.5. The van der Waals surface area contributed by atoms with E-state index in [1.54, 1.807) is 36.4 Å². The second-order valence-electron chi connectivity index (χ2n) is 8.30. The number of para-hydroxylation sites is 2. The first kappa shape index (κ1) is 23.2. The Kier molecular flexibility index (Phi) is 7.32. The van der Waals surface area contributed by atoms with Gasteiger partial charge >= 0.3 is 0 Å². The molecule has 0 fully saturated rings. The predicted molar refractivity (Wildman–Crippen MR) is 129 cm³/mol. The van der Waals surface area contributed by atoms with Gasteiger partial charge in [-0.3, -0.25) is 9.59 Å². The van der Waals surface area contributed by atoms with Crippen LogP contribution in [0, 0.1) is 5.92 Å². The minimum absolute atomic E-state index is 0.135. The normalized spacial score (nSPS) is 13.1. The van der Waals surface area contributed by atoms with Crippen LogP contribution in [0.2, 0.25) is 0 Å². The SMILES string of the molecule is CC(C)[C@H](NC(=O)COc1ccccc1C(=O)Nc1ccccc1)c1ccc2c(c1)OCCO2. The molecular weight excluding hydrogens is 432 g/mol. The van der Waals surface area contributed by atoms with Gasteiger partial charge in [-0.2, -0.15) is 0 Å². The van der Waals surface area contributed by atoms with Crippen LogP contribution in [-0.2, 0) is 4.79 Å². The smallest absolute Gasteiger partial charge is 0.259 e. The van der Waals surface area contributed by atoms with Gasteiger partial charge in [-0.25, -0.2) is 0 Å². The van der Waals surface area contributed by atoms with E-state index in [0.717, 1.165) is 5.56 Å². The number of benzene rings is 3. The Morgan fingerprint density at radius 2 is 1.62 bits per heavy atom. The fourth-order valence-electron chi connectivity index (χ4n) is 3.75. The Labute approximate surface area is 199 Å². The quantitative estimate of drug-likeness (QED) is 0.513. The molecule has 0 unspecified atom stereocenters. The monoisotopic (exact) mass is 460 g/mol. The van der Waals surface area contributed by atoms with Crippen molar-refractivity contribution in [3.63, 3.8) is 0 Å². The number of amides is 2. The molecule has 7 nitrogen and oxygen atoms in total. The predicted octanol–water partition coefficient (Wildman–Crippen LogP) is 4.60. The summed E-state index contributed by atoms with van der Waals surface area (Å²) in [5.74, 6) is 1.27. The number of fused-ring (bicyclic) bond motifs is 1. The number of carbonyl (C=O) groups is 2. The van der Waals surface area contributed by atoms with Gasteiger partial charge in [0.25, 0.3) is 11.8 Å². The number of anilines is 1. The molecule has 2 amide bonds. The van der Waals surface area contributed by atoms with E-state index in [-0.39, 0.29) is 30.4 Å². The van der Waals surface area contributed by atoms with Crippen molar-refractivity contribution in [3.8, 4) is 17.2 Å². The second-order valence-corrected chi connectivity index (χ2v) is 8.30. The van der Waals surface area contributed by atoms with E-state index in [4.69, 9.17) is 14.2 Å². The average molecular weight is 461 g/mol. The van der Waals surface area contributed by atoms with Crippen LogP contribution in [0.5, 0.6) is 17.2 Å². The summed E-state index contributed by atoms with van der Waals surface area (Å²) in [6, 6.07) is 21.5. The van der Waals surface area contributed by atoms with Crippen LogP contribution in [0.3, 0.4) is 0 Å². The molecule has 2 N–H and O–H groups in total. The lowest BCUT2D eigenvalue weighted by molar-refractivity contribution is -0.124. The third kappa shape index (κ3) is 5.67. The lowest BCUT2D eigenvalue weighted by Crippen LogP contribution is -2.35. The molecule has 7 heteroatoms. The molecule has 1 heterocycles. The third-order valence-corrected chi connectivity index (χ3v) is 5.43. The van der Waals surface area contributed by atoms with Crippen LogP contribution in [-0.4, -0.2) is 31.6 Å². The number of hydrogen-bond donors (Lipinski definition) is 2. The number of ether oxygens (including phenoxy) is 3. The molecule has 1 aliphatic rings. The highest BCUT2D eigenvalue weighted by atomic mass is 16.6. The van der Waals surface area contributed by atoms with Crippen molar-refractivity contribution in [2.75, 3.05) is 25.1 Å². The molecular formula is C27H28N2O5. The van der Waals surface area contributed by atoms with Gasteiger partial charge in [0.05, 0.1) is 11.6 Å². The summed E-state index contributed by atoms with van der Waals surface area (Å²) >= 11 is 0. The molecule has 176 valence electrons. The Morgan fingerprint density at radius 1 is 0.912 bits per heavy atom. The van der Waals surface area contributed by atoms with Crippen molar-refractivity contribution in [2.24, 2.45) is 5.92 Å². The summed E-state index contributed by atoms with van der Waals surface area (Å²) in [6.45, 7) is 4.88. The van der Waals surface area contributed by atoms with Crippen LogP contribution in [0.15, 0.2) is 72.8 Å². The highest BCUT2D eigenvalue weighted by Gasteiger charge is 2.22. The molecule has 0 bridgehead atoms. The molecule has 0 radical (unpaired) electrons. The van der Waals surface area contributed by atoms with Gasteiger partial charge in [-0.05, 0) is 47.9 Å². The van der Waals surface area contributed by atoms with E-state index in [1.807, 2.05) is 50.2 Å².